The van der Waals surface area contributed by atoms with Gasteiger partial charge in [-0.25, -0.2) is 0 Å². The lowest BCUT2D eigenvalue weighted by molar-refractivity contribution is 0.0450. The first kappa shape index (κ1) is 36.2. The first-order valence-corrected chi connectivity index (χ1v) is 14.3. The Morgan fingerprint density at radius 2 is 1.00 bits per heavy atom. The topological polar surface area (TPSA) is 90.2 Å². The first-order valence-electron chi connectivity index (χ1n) is 14.3. The van der Waals surface area contributed by atoms with Crippen molar-refractivity contribution in [3.8, 4) is 0 Å². The summed E-state index contributed by atoms with van der Waals surface area (Å²) in [5.41, 5.74) is 1.24. The second-order valence-electron chi connectivity index (χ2n) is 9.17. The molecule has 5 nitrogen and oxygen atoms in total. The van der Waals surface area contributed by atoms with Crippen molar-refractivity contribution in [3.63, 3.8) is 0 Å². The molecule has 0 unspecified atom stereocenters. The van der Waals surface area contributed by atoms with Crippen LogP contribution in [0, 0.1) is 0 Å². The van der Waals surface area contributed by atoms with Gasteiger partial charge in [0.1, 0.15) is 6.10 Å². The van der Waals surface area contributed by atoms with E-state index in [1.54, 1.807) is 0 Å². The third-order valence-electron chi connectivity index (χ3n) is 5.75. The zero-order valence-corrected chi connectivity index (χ0v) is 23.0. The predicted octanol–water partition coefficient (Wildman–Crippen LogP) is 6.80. The summed E-state index contributed by atoms with van der Waals surface area (Å²) in [5, 5.41) is 32.7. The van der Waals surface area contributed by atoms with Crippen molar-refractivity contribution in [1.29, 1.82) is 0 Å². The monoisotopic (exact) mass is 498 g/mol. The summed E-state index contributed by atoms with van der Waals surface area (Å²) in [4.78, 5) is 0. The molecule has 1 rings (SSSR count). The summed E-state index contributed by atoms with van der Waals surface area (Å²) in [5.74, 6) is 0. The van der Waals surface area contributed by atoms with E-state index in [2.05, 4.69) is 19.1 Å². The average Bonchev–Trinajstić information content (AvgIpc) is 2.90. The zero-order chi connectivity index (χ0) is 26.2. The van der Waals surface area contributed by atoms with Crippen LogP contribution in [0.1, 0.15) is 122 Å². The summed E-state index contributed by atoms with van der Waals surface area (Å²) >= 11 is 0. The van der Waals surface area contributed by atoms with Crippen LogP contribution in [0.5, 0.6) is 0 Å². The van der Waals surface area contributed by atoms with Gasteiger partial charge in [-0.1, -0.05) is 134 Å². The fourth-order valence-corrected chi connectivity index (χ4v) is 3.51. The van der Waals surface area contributed by atoms with Crippen LogP contribution in [0.25, 0.3) is 0 Å². The van der Waals surface area contributed by atoms with Crippen LogP contribution in [-0.2, 0) is 11.3 Å². The van der Waals surface area contributed by atoms with Crippen LogP contribution < -0.4 is 0 Å². The smallest absolute Gasteiger partial charge is 0.100 e. The number of ether oxygens (including phenoxy) is 1. The maximum atomic E-state index is 8.67. The Hall–Kier alpha value is -0.980. The van der Waals surface area contributed by atoms with Gasteiger partial charge >= 0.3 is 0 Å². The zero-order valence-electron chi connectivity index (χ0n) is 23.0. The fourth-order valence-electron chi connectivity index (χ4n) is 3.51. The Morgan fingerprint density at radius 3 is 1.31 bits per heavy atom. The molecule has 0 bridgehead atoms. The van der Waals surface area contributed by atoms with E-state index in [0.29, 0.717) is 6.61 Å². The standard InChI is InChI=1S/C18H38O.C9H12O.C3H8O3/c1-2-3-4-5-6-7-8-9-10-11-12-13-14-15-16-17-18-19;1-2-10-8-9-6-4-3-5-7-9;4-1-3(6)2-5/h19H,2-18H2,1H3;3-7H,2,8H2,1H3;3-6H,1-2H2. The summed E-state index contributed by atoms with van der Waals surface area (Å²) in [7, 11) is 0. The molecule has 0 aliphatic rings. The van der Waals surface area contributed by atoms with E-state index in [1.807, 2.05) is 25.1 Å². The van der Waals surface area contributed by atoms with E-state index in [4.69, 9.17) is 25.2 Å². The third kappa shape index (κ3) is 33.0. The normalized spacial score (nSPS) is 10.5. The molecule has 1 aromatic carbocycles. The Kier molecular flexibility index (Phi) is 34.1. The minimum Gasteiger partial charge on any atom is -0.396 e. The van der Waals surface area contributed by atoms with E-state index in [0.717, 1.165) is 19.6 Å². The number of benzene rings is 1. The molecule has 0 spiro atoms. The molecule has 0 saturated carbocycles. The third-order valence-corrected chi connectivity index (χ3v) is 5.75. The highest BCUT2D eigenvalue weighted by Crippen LogP contribution is 2.13. The molecule has 0 aromatic heterocycles. The molecule has 5 heteroatoms. The molecule has 0 radical (unpaired) electrons. The summed E-state index contributed by atoms with van der Waals surface area (Å²) in [6.45, 7) is 5.45. The number of unbranched alkanes of at least 4 members (excludes halogenated alkanes) is 15. The fraction of sp³-hybridized carbons (Fsp3) is 0.800. The van der Waals surface area contributed by atoms with Crippen molar-refractivity contribution in [3.05, 3.63) is 35.9 Å². The Labute approximate surface area is 216 Å². The predicted molar refractivity (Wildman–Crippen MR) is 149 cm³/mol. The van der Waals surface area contributed by atoms with Gasteiger partial charge in [0.25, 0.3) is 0 Å². The summed E-state index contributed by atoms with van der Waals surface area (Å²) in [6, 6.07) is 10.2. The van der Waals surface area contributed by atoms with E-state index >= 15 is 0 Å². The Morgan fingerprint density at radius 1 is 0.600 bits per heavy atom. The second-order valence-corrected chi connectivity index (χ2v) is 9.17. The lowest BCUT2D eigenvalue weighted by atomic mass is 10.0. The molecule has 0 amide bonds. The van der Waals surface area contributed by atoms with Crippen molar-refractivity contribution < 1.29 is 25.2 Å². The van der Waals surface area contributed by atoms with Gasteiger partial charge < -0.3 is 25.2 Å². The van der Waals surface area contributed by atoms with Crippen molar-refractivity contribution >= 4 is 0 Å². The van der Waals surface area contributed by atoms with Crippen LogP contribution in [0.4, 0.5) is 0 Å². The molecule has 208 valence electrons. The van der Waals surface area contributed by atoms with E-state index in [9.17, 15) is 0 Å². The van der Waals surface area contributed by atoms with Crippen LogP contribution in [-0.4, -0.2) is 53.0 Å². The van der Waals surface area contributed by atoms with Gasteiger partial charge in [-0.2, -0.15) is 0 Å². The summed E-state index contributed by atoms with van der Waals surface area (Å²) < 4.78 is 5.22. The van der Waals surface area contributed by atoms with Crippen LogP contribution in [0.2, 0.25) is 0 Å². The van der Waals surface area contributed by atoms with Crippen LogP contribution in [0.15, 0.2) is 30.3 Å². The van der Waals surface area contributed by atoms with Gasteiger partial charge in [-0.05, 0) is 18.9 Å². The number of rotatable bonds is 21. The Balaban J connectivity index is 0. The van der Waals surface area contributed by atoms with Crippen LogP contribution >= 0.6 is 0 Å². The highest BCUT2D eigenvalue weighted by molar-refractivity contribution is 5.13. The van der Waals surface area contributed by atoms with Gasteiger partial charge in [0.2, 0.25) is 0 Å². The van der Waals surface area contributed by atoms with E-state index in [-0.39, 0.29) is 13.2 Å². The van der Waals surface area contributed by atoms with Crippen LogP contribution in [0.3, 0.4) is 0 Å². The number of aliphatic hydroxyl groups excluding tert-OH is 4. The molecule has 0 atom stereocenters. The maximum Gasteiger partial charge on any atom is 0.100 e. The molecule has 0 aliphatic carbocycles. The van der Waals surface area contributed by atoms with Crippen molar-refractivity contribution in [2.75, 3.05) is 26.4 Å². The molecule has 0 saturated heterocycles. The minimum atomic E-state index is -0.954. The number of hydrogen-bond donors (Lipinski definition) is 4. The number of hydrogen-bond acceptors (Lipinski definition) is 5. The molecule has 35 heavy (non-hydrogen) atoms. The van der Waals surface area contributed by atoms with Gasteiger partial charge in [0, 0.05) is 13.2 Å². The molecule has 1 aromatic rings. The van der Waals surface area contributed by atoms with Crippen molar-refractivity contribution in [2.24, 2.45) is 0 Å². The molecular weight excluding hydrogens is 440 g/mol. The van der Waals surface area contributed by atoms with Gasteiger partial charge in [-0.3, -0.25) is 0 Å². The SMILES string of the molecule is CCCCCCCCCCCCCCCCCCO.CCOCc1ccccc1.OCC(O)CO. The average molecular weight is 499 g/mol. The lowest BCUT2D eigenvalue weighted by Gasteiger charge is -2.03. The van der Waals surface area contributed by atoms with E-state index < -0.39 is 6.10 Å². The highest BCUT2D eigenvalue weighted by Gasteiger charge is 1.95. The van der Waals surface area contributed by atoms with Crippen molar-refractivity contribution in [2.45, 2.75) is 129 Å². The molecular formula is C30H58O5. The quantitative estimate of drug-likeness (QED) is 0.140. The number of aliphatic hydroxyl groups is 4. The van der Waals surface area contributed by atoms with Gasteiger partial charge in [0.05, 0.1) is 19.8 Å². The van der Waals surface area contributed by atoms with E-state index in [1.165, 1.54) is 102 Å². The lowest BCUT2D eigenvalue weighted by Crippen LogP contribution is -2.15. The first-order chi connectivity index (χ1) is 17.2. The maximum absolute atomic E-state index is 8.67. The second kappa shape index (κ2) is 33.0. The largest absolute Gasteiger partial charge is 0.396 e. The summed E-state index contributed by atoms with van der Waals surface area (Å²) in [6.07, 6.45) is 21.2. The minimum absolute atomic E-state index is 0.365. The molecule has 0 aliphatic heterocycles. The van der Waals surface area contributed by atoms with Gasteiger partial charge in [0.15, 0.2) is 0 Å². The molecule has 4 N–H and O–H groups in total. The molecule has 0 fully saturated rings. The van der Waals surface area contributed by atoms with Crippen molar-refractivity contribution in [1.82, 2.24) is 0 Å². The Bertz CT molecular complexity index is 449. The highest BCUT2D eigenvalue weighted by atomic mass is 16.5. The van der Waals surface area contributed by atoms with Gasteiger partial charge in [-0.15, -0.1) is 0 Å². The molecule has 0 heterocycles.